The van der Waals surface area contributed by atoms with Gasteiger partial charge >= 0.3 is 0 Å². The van der Waals surface area contributed by atoms with Gasteiger partial charge in [0.1, 0.15) is 0 Å². The molecule has 0 saturated carbocycles. The number of rotatable bonds is 5. The summed E-state index contributed by atoms with van der Waals surface area (Å²) in [4.78, 5) is 11.4. The minimum Gasteiger partial charge on any atom is -0.307 e. The second-order valence-corrected chi connectivity index (χ2v) is 3.22. The maximum Gasteiger partial charge on any atom is 0.153 e. The number of Topliss-reactive ketones (excluding diaryl/α,β-unsaturated/α-hetero) is 1. The van der Waals surface area contributed by atoms with Crippen LogP contribution in [0.1, 0.15) is 20.8 Å². The first-order valence-electron chi connectivity index (χ1n) is 4.01. The first-order valence-corrected chi connectivity index (χ1v) is 4.64. The van der Waals surface area contributed by atoms with Crippen LogP contribution >= 0.6 is 12.6 Å². The molecule has 2 nitrogen and oxygen atoms in total. The van der Waals surface area contributed by atoms with E-state index in [2.05, 4.69) is 17.9 Å². The summed E-state index contributed by atoms with van der Waals surface area (Å²) in [6, 6.07) is -0.0664. The number of thiol groups is 1. The number of carbonyl (C=O) groups is 1. The summed E-state index contributed by atoms with van der Waals surface area (Å²) in [5, 5.41) is 3.09. The van der Waals surface area contributed by atoms with E-state index in [1.165, 1.54) is 0 Å². The van der Waals surface area contributed by atoms with Crippen molar-refractivity contribution in [2.45, 2.75) is 26.8 Å². The minimum absolute atomic E-state index is 0.0664. The molecule has 1 atom stereocenters. The minimum atomic E-state index is -0.0664. The van der Waals surface area contributed by atoms with Gasteiger partial charge in [0.05, 0.1) is 6.04 Å². The molecule has 0 amide bonds. The lowest BCUT2D eigenvalue weighted by Gasteiger charge is -2.15. The summed E-state index contributed by atoms with van der Waals surface area (Å²) >= 11 is 4.10. The molecule has 0 rings (SSSR count). The van der Waals surface area contributed by atoms with Gasteiger partial charge in [-0.2, -0.15) is 12.6 Å². The maximum atomic E-state index is 11.4. The molecule has 0 radical (unpaired) electrons. The molecule has 0 aromatic carbocycles. The van der Waals surface area contributed by atoms with Gasteiger partial charge in [0.2, 0.25) is 0 Å². The molecule has 0 spiro atoms. The number of ketones is 1. The molecule has 0 heterocycles. The molecule has 0 aromatic heterocycles. The number of nitrogens with one attached hydrogen (secondary N) is 1. The Morgan fingerprint density at radius 1 is 1.55 bits per heavy atom. The van der Waals surface area contributed by atoms with Gasteiger partial charge in [-0.25, -0.2) is 0 Å². The third kappa shape index (κ3) is 3.77. The average Bonchev–Trinajstić information content (AvgIpc) is 1.98. The highest BCUT2D eigenvalue weighted by molar-refractivity contribution is 7.80. The zero-order valence-corrected chi connectivity index (χ0v) is 8.32. The smallest absolute Gasteiger partial charge is 0.153 e. The Morgan fingerprint density at radius 3 is 2.36 bits per heavy atom. The van der Waals surface area contributed by atoms with E-state index in [9.17, 15) is 4.79 Å². The summed E-state index contributed by atoms with van der Waals surface area (Å²) in [6.07, 6.45) is 0. The quantitative estimate of drug-likeness (QED) is 0.613. The Kier molecular flexibility index (Phi) is 5.60. The van der Waals surface area contributed by atoms with Crippen LogP contribution in [0.2, 0.25) is 0 Å². The molecule has 0 saturated heterocycles. The van der Waals surface area contributed by atoms with E-state index in [-0.39, 0.29) is 17.7 Å². The van der Waals surface area contributed by atoms with Crippen LogP contribution in [0.4, 0.5) is 0 Å². The molecule has 11 heavy (non-hydrogen) atoms. The summed E-state index contributed by atoms with van der Waals surface area (Å²) in [5.41, 5.74) is 0. The molecular formula is C8H17NOS. The van der Waals surface area contributed by atoms with Gasteiger partial charge < -0.3 is 5.32 Å². The van der Waals surface area contributed by atoms with Crippen molar-refractivity contribution in [2.75, 3.05) is 12.3 Å². The highest BCUT2D eigenvalue weighted by Gasteiger charge is 2.17. The van der Waals surface area contributed by atoms with Gasteiger partial charge in [-0.15, -0.1) is 0 Å². The highest BCUT2D eigenvalue weighted by Crippen LogP contribution is 2.00. The van der Waals surface area contributed by atoms with Crippen molar-refractivity contribution >= 4 is 18.4 Å². The Balaban J connectivity index is 3.92. The van der Waals surface area contributed by atoms with Gasteiger partial charge in [-0.05, 0) is 6.54 Å². The van der Waals surface area contributed by atoms with Crippen molar-refractivity contribution in [1.29, 1.82) is 0 Å². The van der Waals surface area contributed by atoms with Crippen LogP contribution in [0, 0.1) is 5.92 Å². The Morgan fingerprint density at radius 2 is 2.09 bits per heavy atom. The van der Waals surface area contributed by atoms with Crippen LogP contribution in [0.15, 0.2) is 0 Å². The molecule has 0 aliphatic rings. The van der Waals surface area contributed by atoms with Crippen molar-refractivity contribution in [2.24, 2.45) is 5.92 Å². The number of hydrogen-bond donors (Lipinski definition) is 2. The van der Waals surface area contributed by atoms with E-state index in [1.54, 1.807) is 0 Å². The molecule has 0 bridgehead atoms. The summed E-state index contributed by atoms with van der Waals surface area (Å²) in [7, 11) is 0. The maximum absolute atomic E-state index is 11.4. The van der Waals surface area contributed by atoms with Crippen LogP contribution < -0.4 is 5.32 Å². The lowest BCUT2D eigenvalue weighted by atomic mass is 10.0. The monoisotopic (exact) mass is 175 g/mol. The highest BCUT2D eigenvalue weighted by atomic mass is 32.1. The van der Waals surface area contributed by atoms with Crippen molar-refractivity contribution in [3.63, 3.8) is 0 Å². The van der Waals surface area contributed by atoms with E-state index >= 15 is 0 Å². The Bertz CT molecular complexity index is 125. The molecule has 0 aromatic rings. The van der Waals surface area contributed by atoms with Gasteiger partial charge in [-0.3, -0.25) is 4.79 Å². The van der Waals surface area contributed by atoms with Crippen LogP contribution in [0.5, 0.6) is 0 Å². The summed E-state index contributed by atoms with van der Waals surface area (Å²) in [6.45, 7) is 6.64. The molecule has 3 heteroatoms. The topological polar surface area (TPSA) is 29.1 Å². The fourth-order valence-corrected chi connectivity index (χ4v) is 1.21. The van der Waals surface area contributed by atoms with E-state index < -0.39 is 0 Å². The number of carbonyl (C=O) groups excluding carboxylic acids is 1. The number of hydrogen-bond acceptors (Lipinski definition) is 3. The van der Waals surface area contributed by atoms with E-state index in [1.807, 2.05) is 20.8 Å². The predicted octanol–water partition coefficient (Wildman–Crippen LogP) is 1.12. The van der Waals surface area contributed by atoms with Crippen LogP contribution in [0.25, 0.3) is 0 Å². The van der Waals surface area contributed by atoms with E-state index in [4.69, 9.17) is 0 Å². The second kappa shape index (κ2) is 5.61. The van der Waals surface area contributed by atoms with Crippen LogP contribution in [-0.4, -0.2) is 24.1 Å². The van der Waals surface area contributed by atoms with Crippen molar-refractivity contribution < 1.29 is 4.79 Å². The zero-order valence-electron chi connectivity index (χ0n) is 7.42. The lowest BCUT2D eigenvalue weighted by molar-refractivity contribution is -0.123. The molecule has 1 unspecified atom stereocenters. The molecule has 0 aliphatic carbocycles. The third-order valence-electron chi connectivity index (χ3n) is 1.55. The summed E-state index contributed by atoms with van der Waals surface area (Å²) < 4.78 is 0. The molecule has 0 fully saturated rings. The third-order valence-corrected chi connectivity index (χ3v) is 1.91. The Hall–Kier alpha value is -0.0200. The summed E-state index contributed by atoms with van der Waals surface area (Å²) in [5.74, 6) is 0.943. The Labute approximate surface area is 74.2 Å². The standard InChI is InChI=1S/C8H17NOS/c1-4-9-7(5-11)8(10)6(2)3/h6-7,9,11H,4-5H2,1-3H3. The second-order valence-electron chi connectivity index (χ2n) is 2.85. The van der Waals surface area contributed by atoms with Crippen molar-refractivity contribution in [3.05, 3.63) is 0 Å². The first kappa shape index (κ1) is 11.0. The van der Waals surface area contributed by atoms with Gasteiger partial charge in [-0.1, -0.05) is 20.8 Å². The first-order chi connectivity index (χ1) is 5.13. The van der Waals surface area contributed by atoms with Crippen molar-refractivity contribution in [1.82, 2.24) is 5.32 Å². The van der Waals surface area contributed by atoms with Gasteiger partial charge in [0.15, 0.2) is 5.78 Å². The number of likely N-dealkylation sites (N-methyl/N-ethyl adjacent to an activating group) is 1. The largest absolute Gasteiger partial charge is 0.307 e. The zero-order chi connectivity index (χ0) is 8.85. The fourth-order valence-electron chi connectivity index (χ4n) is 0.904. The molecule has 0 aliphatic heterocycles. The van der Waals surface area contributed by atoms with Crippen LogP contribution in [0.3, 0.4) is 0 Å². The SMILES string of the molecule is CCNC(CS)C(=O)C(C)C. The predicted molar refractivity (Wildman–Crippen MR) is 51.2 cm³/mol. The molecule has 66 valence electrons. The molecule has 1 N–H and O–H groups in total. The van der Waals surface area contributed by atoms with Crippen molar-refractivity contribution in [3.8, 4) is 0 Å². The van der Waals surface area contributed by atoms with Gasteiger partial charge in [0.25, 0.3) is 0 Å². The molecular weight excluding hydrogens is 158 g/mol. The normalized spacial score (nSPS) is 13.5. The average molecular weight is 175 g/mol. The van der Waals surface area contributed by atoms with Crippen LogP contribution in [-0.2, 0) is 4.79 Å². The van der Waals surface area contributed by atoms with E-state index in [0.717, 1.165) is 6.54 Å². The lowest BCUT2D eigenvalue weighted by Crippen LogP contribution is -2.40. The van der Waals surface area contributed by atoms with E-state index in [0.29, 0.717) is 5.75 Å². The van der Waals surface area contributed by atoms with Gasteiger partial charge in [0, 0.05) is 11.7 Å². The fraction of sp³-hybridized carbons (Fsp3) is 0.875.